The number of halogens is 4. The van der Waals surface area contributed by atoms with Gasteiger partial charge in [0.15, 0.2) is 0 Å². The molecule has 3 rings (SSSR count). The molecule has 1 aliphatic rings. The Kier molecular flexibility index (Phi) is 5.74. The molecule has 0 amide bonds. The molecule has 1 atom stereocenters. The van der Waals surface area contributed by atoms with Crippen LogP contribution in [0.25, 0.3) is 0 Å². The number of nitrogens with one attached hydrogen (secondary N) is 1. The number of rotatable bonds is 5. The van der Waals surface area contributed by atoms with Crippen LogP contribution in [0, 0.1) is 0 Å². The van der Waals surface area contributed by atoms with Gasteiger partial charge in [-0.05, 0) is 36.8 Å². The summed E-state index contributed by atoms with van der Waals surface area (Å²) in [6.45, 7) is 0.735. The van der Waals surface area contributed by atoms with E-state index < -0.39 is 27.8 Å². The van der Waals surface area contributed by atoms with Gasteiger partial charge in [-0.25, -0.2) is 18.1 Å². The molecule has 152 valence electrons. The van der Waals surface area contributed by atoms with Crippen LogP contribution in [-0.2, 0) is 16.2 Å². The molecule has 1 unspecified atom stereocenters. The molecule has 2 aromatic rings. The predicted molar refractivity (Wildman–Crippen MR) is 98.2 cm³/mol. The predicted octanol–water partition coefficient (Wildman–Crippen LogP) is 3.32. The summed E-state index contributed by atoms with van der Waals surface area (Å²) >= 11 is 5.90. The molecule has 1 aromatic carbocycles. The maximum absolute atomic E-state index is 12.7. The first-order valence-corrected chi connectivity index (χ1v) is 10.1. The summed E-state index contributed by atoms with van der Waals surface area (Å²) in [5, 5.41) is 0.253. The van der Waals surface area contributed by atoms with E-state index in [0.717, 1.165) is 12.3 Å². The standard InChI is InChI=1S/C17H17ClF3N3O3S/c1-27-14-4-3-12(18)8-15(14)28(25,26)23-13-6-7-24(10-13)16-5-2-11(9-22-16)17(19,20)21/h2-5,8-9,13,23H,6-7,10H2,1H3. The Labute approximate surface area is 165 Å². The van der Waals surface area contributed by atoms with Crippen LogP contribution in [0.4, 0.5) is 19.0 Å². The van der Waals surface area contributed by atoms with Gasteiger partial charge in [-0.15, -0.1) is 0 Å². The second kappa shape index (κ2) is 7.76. The molecule has 1 N–H and O–H groups in total. The molecule has 0 aliphatic carbocycles. The van der Waals surface area contributed by atoms with Crippen molar-refractivity contribution >= 4 is 27.4 Å². The second-order valence-corrected chi connectivity index (χ2v) is 8.37. The number of nitrogens with zero attached hydrogens (tertiary/aromatic N) is 2. The summed E-state index contributed by atoms with van der Waals surface area (Å²) in [6.07, 6.45) is -3.21. The average molecular weight is 436 g/mol. The van der Waals surface area contributed by atoms with Gasteiger partial charge < -0.3 is 9.64 Å². The number of alkyl halides is 3. The van der Waals surface area contributed by atoms with Gasteiger partial charge >= 0.3 is 6.18 Å². The molecular formula is C17H17ClF3N3O3S. The number of hydrogen-bond acceptors (Lipinski definition) is 5. The average Bonchev–Trinajstić information content (AvgIpc) is 3.09. The minimum absolute atomic E-state index is 0.0754. The van der Waals surface area contributed by atoms with E-state index in [-0.39, 0.29) is 22.2 Å². The second-order valence-electron chi connectivity index (χ2n) is 6.25. The number of methoxy groups -OCH3 is 1. The summed E-state index contributed by atoms with van der Waals surface area (Å²) < 4.78 is 71.0. The maximum Gasteiger partial charge on any atom is 0.417 e. The summed E-state index contributed by atoms with van der Waals surface area (Å²) in [7, 11) is -2.54. The van der Waals surface area contributed by atoms with Crippen molar-refractivity contribution in [2.24, 2.45) is 0 Å². The number of aromatic nitrogens is 1. The molecule has 1 fully saturated rings. The van der Waals surface area contributed by atoms with Crippen molar-refractivity contribution < 1.29 is 26.3 Å². The summed E-state index contributed by atoms with van der Waals surface area (Å²) in [5.74, 6) is 0.520. The van der Waals surface area contributed by atoms with E-state index in [0.29, 0.717) is 18.8 Å². The maximum atomic E-state index is 12.7. The van der Waals surface area contributed by atoms with Crippen LogP contribution in [0.2, 0.25) is 5.02 Å². The normalized spacial score (nSPS) is 17.8. The molecule has 28 heavy (non-hydrogen) atoms. The number of benzene rings is 1. The monoisotopic (exact) mass is 435 g/mol. The van der Waals surface area contributed by atoms with Crippen molar-refractivity contribution in [2.45, 2.75) is 23.5 Å². The van der Waals surface area contributed by atoms with Crippen LogP contribution in [0.1, 0.15) is 12.0 Å². The van der Waals surface area contributed by atoms with Crippen LogP contribution in [-0.4, -0.2) is 39.6 Å². The molecule has 1 saturated heterocycles. The highest BCUT2D eigenvalue weighted by Crippen LogP contribution is 2.31. The third-order valence-electron chi connectivity index (χ3n) is 4.32. The zero-order chi connectivity index (χ0) is 20.5. The van der Waals surface area contributed by atoms with Crippen molar-refractivity contribution in [1.82, 2.24) is 9.71 Å². The zero-order valence-corrected chi connectivity index (χ0v) is 16.3. The Hall–Kier alpha value is -2.04. The van der Waals surface area contributed by atoms with Crippen LogP contribution in [0.3, 0.4) is 0 Å². The lowest BCUT2D eigenvalue weighted by Crippen LogP contribution is -2.37. The number of sulfonamides is 1. The SMILES string of the molecule is COc1ccc(Cl)cc1S(=O)(=O)NC1CCN(c2ccc(C(F)(F)F)cn2)C1. The van der Waals surface area contributed by atoms with Crippen LogP contribution in [0.5, 0.6) is 5.75 Å². The van der Waals surface area contributed by atoms with Crippen LogP contribution < -0.4 is 14.4 Å². The van der Waals surface area contributed by atoms with Crippen molar-refractivity contribution in [1.29, 1.82) is 0 Å². The smallest absolute Gasteiger partial charge is 0.417 e. The van der Waals surface area contributed by atoms with Gasteiger partial charge in [-0.1, -0.05) is 11.6 Å². The fourth-order valence-electron chi connectivity index (χ4n) is 2.95. The lowest BCUT2D eigenvalue weighted by atomic mass is 10.3. The van der Waals surface area contributed by atoms with Crippen molar-refractivity contribution in [3.05, 3.63) is 47.1 Å². The van der Waals surface area contributed by atoms with Gasteiger partial charge in [-0.3, -0.25) is 0 Å². The van der Waals surface area contributed by atoms with E-state index in [1.165, 1.54) is 31.4 Å². The quantitative estimate of drug-likeness (QED) is 0.780. The molecule has 0 saturated carbocycles. The van der Waals surface area contributed by atoms with Gasteiger partial charge in [0, 0.05) is 30.4 Å². The number of anilines is 1. The van der Waals surface area contributed by atoms with Crippen LogP contribution >= 0.6 is 11.6 Å². The number of ether oxygens (including phenoxy) is 1. The largest absolute Gasteiger partial charge is 0.495 e. The molecule has 2 heterocycles. The van der Waals surface area contributed by atoms with Gasteiger partial charge in [0.25, 0.3) is 0 Å². The third-order valence-corrected chi connectivity index (χ3v) is 6.10. The topological polar surface area (TPSA) is 71.5 Å². The Bertz CT molecular complexity index is 952. The molecule has 1 aliphatic heterocycles. The molecule has 1 aromatic heterocycles. The summed E-state index contributed by atoms with van der Waals surface area (Å²) in [4.78, 5) is 5.50. The van der Waals surface area contributed by atoms with Crippen molar-refractivity contribution in [3.63, 3.8) is 0 Å². The molecule has 0 bridgehead atoms. The van der Waals surface area contributed by atoms with Gasteiger partial charge in [-0.2, -0.15) is 13.2 Å². The summed E-state index contributed by atoms with van der Waals surface area (Å²) in [5.41, 5.74) is -0.833. The first-order valence-electron chi connectivity index (χ1n) is 8.24. The Balaban J connectivity index is 1.71. The highest BCUT2D eigenvalue weighted by molar-refractivity contribution is 7.89. The van der Waals surface area contributed by atoms with E-state index in [4.69, 9.17) is 16.3 Å². The lowest BCUT2D eigenvalue weighted by Gasteiger charge is -2.19. The van der Waals surface area contributed by atoms with Crippen molar-refractivity contribution in [2.75, 3.05) is 25.1 Å². The first-order chi connectivity index (χ1) is 13.1. The molecule has 0 spiro atoms. The fourth-order valence-corrected chi connectivity index (χ4v) is 4.64. The Morgan fingerprint density at radius 1 is 1.29 bits per heavy atom. The van der Waals surface area contributed by atoms with Crippen LogP contribution in [0.15, 0.2) is 41.4 Å². The minimum atomic E-state index is -4.45. The first kappa shape index (κ1) is 20.7. The summed E-state index contributed by atoms with van der Waals surface area (Å²) in [6, 6.07) is 6.08. The molecule has 6 nitrogen and oxygen atoms in total. The fraction of sp³-hybridized carbons (Fsp3) is 0.353. The molecule has 0 radical (unpaired) electrons. The highest BCUT2D eigenvalue weighted by atomic mass is 35.5. The highest BCUT2D eigenvalue weighted by Gasteiger charge is 2.32. The zero-order valence-electron chi connectivity index (χ0n) is 14.7. The number of hydrogen-bond donors (Lipinski definition) is 1. The van der Waals surface area contributed by atoms with Gasteiger partial charge in [0.05, 0.1) is 12.7 Å². The lowest BCUT2D eigenvalue weighted by molar-refractivity contribution is -0.137. The third kappa shape index (κ3) is 4.50. The van der Waals surface area contributed by atoms with Crippen molar-refractivity contribution in [3.8, 4) is 5.75 Å². The Morgan fingerprint density at radius 2 is 2.04 bits per heavy atom. The number of pyridine rings is 1. The van der Waals surface area contributed by atoms with E-state index in [2.05, 4.69) is 9.71 Å². The van der Waals surface area contributed by atoms with E-state index in [9.17, 15) is 21.6 Å². The van der Waals surface area contributed by atoms with E-state index >= 15 is 0 Å². The Morgan fingerprint density at radius 3 is 2.64 bits per heavy atom. The van der Waals surface area contributed by atoms with E-state index in [1.807, 2.05) is 0 Å². The molecular weight excluding hydrogens is 419 g/mol. The van der Waals surface area contributed by atoms with E-state index in [1.54, 1.807) is 4.90 Å². The van der Waals surface area contributed by atoms with Gasteiger partial charge in [0.1, 0.15) is 16.5 Å². The molecule has 11 heteroatoms. The van der Waals surface area contributed by atoms with Gasteiger partial charge in [0.2, 0.25) is 10.0 Å². The minimum Gasteiger partial charge on any atom is -0.495 e.